The van der Waals surface area contributed by atoms with Crippen LogP contribution < -0.4 is 5.73 Å². The maximum absolute atomic E-state index is 5.50. The summed E-state index contributed by atoms with van der Waals surface area (Å²) in [6.07, 6.45) is 4.26. The van der Waals surface area contributed by atoms with Gasteiger partial charge in [0.1, 0.15) is 0 Å². The van der Waals surface area contributed by atoms with Gasteiger partial charge in [0.2, 0.25) is 0 Å². The molecule has 0 saturated heterocycles. The van der Waals surface area contributed by atoms with Gasteiger partial charge in [-0.2, -0.15) is 0 Å². The molecule has 0 aliphatic rings. The molecule has 1 aromatic rings. The summed E-state index contributed by atoms with van der Waals surface area (Å²) in [5.41, 5.74) is 8.23. The summed E-state index contributed by atoms with van der Waals surface area (Å²) in [5.74, 6) is 0. The van der Waals surface area contributed by atoms with Crippen molar-refractivity contribution < 1.29 is 4.74 Å². The molecular formula is C15H25NO. The van der Waals surface area contributed by atoms with Crippen molar-refractivity contribution in [2.45, 2.75) is 45.1 Å². The van der Waals surface area contributed by atoms with Crippen molar-refractivity contribution in [3.05, 3.63) is 35.4 Å². The van der Waals surface area contributed by atoms with E-state index in [1.54, 1.807) is 7.11 Å². The number of nitrogens with two attached hydrogens (primary N) is 1. The number of benzene rings is 1. The first-order valence-electron chi connectivity index (χ1n) is 6.40. The molecule has 2 nitrogen and oxygen atoms in total. The Kier molecular flexibility index (Phi) is 5.66. The Labute approximate surface area is 105 Å². The number of aryl methyl sites for hydroxylation is 2. The standard InChI is InChI=1S/C15H25NO/c1-15(2,17-3)11-10-14-8-6-13(7-9-14)5-4-12-16/h6-9H,4-5,10-12,16H2,1-3H3. The first kappa shape index (κ1) is 14.2. The summed E-state index contributed by atoms with van der Waals surface area (Å²) in [7, 11) is 1.77. The topological polar surface area (TPSA) is 35.2 Å². The van der Waals surface area contributed by atoms with Crippen molar-refractivity contribution in [2.24, 2.45) is 5.73 Å². The molecule has 0 unspecified atom stereocenters. The molecule has 0 bridgehead atoms. The van der Waals surface area contributed by atoms with Gasteiger partial charge in [0, 0.05) is 7.11 Å². The maximum atomic E-state index is 5.50. The van der Waals surface area contributed by atoms with Crippen LogP contribution in [0.5, 0.6) is 0 Å². The van der Waals surface area contributed by atoms with Crippen LogP contribution in [-0.4, -0.2) is 19.3 Å². The number of hydrogen-bond acceptors (Lipinski definition) is 2. The molecule has 17 heavy (non-hydrogen) atoms. The average molecular weight is 235 g/mol. The zero-order valence-electron chi connectivity index (χ0n) is 11.3. The number of hydrogen-bond donors (Lipinski definition) is 1. The molecule has 0 heterocycles. The molecule has 2 heteroatoms. The minimum Gasteiger partial charge on any atom is -0.379 e. The summed E-state index contributed by atoms with van der Waals surface area (Å²) >= 11 is 0. The summed E-state index contributed by atoms with van der Waals surface area (Å²) < 4.78 is 5.42. The van der Waals surface area contributed by atoms with E-state index in [1.165, 1.54) is 11.1 Å². The van der Waals surface area contributed by atoms with Gasteiger partial charge in [-0.3, -0.25) is 0 Å². The lowest BCUT2D eigenvalue weighted by molar-refractivity contribution is 0.0158. The Morgan fingerprint density at radius 1 is 1.06 bits per heavy atom. The van der Waals surface area contributed by atoms with Gasteiger partial charge in [-0.15, -0.1) is 0 Å². The van der Waals surface area contributed by atoms with E-state index in [1.807, 2.05) is 0 Å². The fourth-order valence-electron chi connectivity index (χ4n) is 1.73. The molecule has 0 aliphatic carbocycles. The van der Waals surface area contributed by atoms with E-state index in [0.717, 1.165) is 32.2 Å². The van der Waals surface area contributed by atoms with Crippen LogP contribution in [0.4, 0.5) is 0 Å². The van der Waals surface area contributed by atoms with Gasteiger partial charge in [-0.25, -0.2) is 0 Å². The maximum Gasteiger partial charge on any atom is 0.0625 e. The molecule has 0 atom stereocenters. The second-order valence-electron chi connectivity index (χ2n) is 5.17. The van der Waals surface area contributed by atoms with Gasteiger partial charge in [-0.1, -0.05) is 24.3 Å². The summed E-state index contributed by atoms with van der Waals surface area (Å²) in [4.78, 5) is 0. The fraction of sp³-hybridized carbons (Fsp3) is 0.600. The van der Waals surface area contributed by atoms with Crippen molar-refractivity contribution in [1.29, 1.82) is 0 Å². The molecule has 0 amide bonds. The van der Waals surface area contributed by atoms with Gasteiger partial charge >= 0.3 is 0 Å². The molecule has 96 valence electrons. The van der Waals surface area contributed by atoms with E-state index < -0.39 is 0 Å². The monoisotopic (exact) mass is 235 g/mol. The molecule has 1 rings (SSSR count). The molecule has 0 spiro atoms. The van der Waals surface area contributed by atoms with Crippen molar-refractivity contribution in [3.8, 4) is 0 Å². The number of methoxy groups -OCH3 is 1. The van der Waals surface area contributed by atoms with Crippen molar-refractivity contribution in [1.82, 2.24) is 0 Å². The van der Waals surface area contributed by atoms with E-state index in [-0.39, 0.29) is 5.60 Å². The van der Waals surface area contributed by atoms with E-state index in [2.05, 4.69) is 38.1 Å². The highest BCUT2D eigenvalue weighted by Gasteiger charge is 2.15. The third kappa shape index (κ3) is 5.33. The van der Waals surface area contributed by atoms with Crippen molar-refractivity contribution >= 4 is 0 Å². The highest BCUT2D eigenvalue weighted by atomic mass is 16.5. The zero-order chi connectivity index (χ0) is 12.7. The molecule has 1 aromatic carbocycles. The van der Waals surface area contributed by atoms with Crippen LogP contribution in [-0.2, 0) is 17.6 Å². The lowest BCUT2D eigenvalue weighted by Crippen LogP contribution is -2.22. The van der Waals surface area contributed by atoms with Crippen LogP contribution in [0.1, 0.15) is 37.8 Å². The van der Waals surface area contributed by atoms with E-state index in [4.69, 9.17) is 10.5 Å². The van der Waals surface area contributed by atoms with Crippen molar-refractivity contribution in [3.63, 3.8) is 0 Å². The third-order valence-corrected chi connectivity index (χ3v) is 3.26. The number of rotatable bonds is 7. The smallest absolute Gasteiger partial charge is 0.0625 e. The molecule has 0 radical (unpaired) electrons. The van der Waals surface area contributed by atoms with E-state index in [9.17, 15) is 0 Å². The number of ether oxygens (including phenoxy) is 1. The van der Waals surface area contributed by atoms with Crippen LogP contribution in [0, 0.1) is 0 Å². The second-order valence-corrected chi connectivity index (χ2v) is 5.17. The van der Waals surface area contributed by atoms with Crippen LogP contribution in [0.3, 0.4) is 0 Å². The van der Waals surface area contributed by atoms with Crippen molar-refractivity contribution in [2.75, 3.05) is 13.7 Å². The highest BCUT2D eigenvalue weighted by molar-refractivity contribution is 5.22. The first-order chi connectivity index (χ1) is 8.07. The zero-order valence-corrected chi connectivity index (χ0v) is 11.3. The lowest BCUT2D eigenvalue weighted by Gasteiger charge is -2.22. The van der Waals surface area contributed by atoms with Gasteiger partial charge < -0.3 is 10.5 Å². The minimum absolute atomic E-state index is 0.0295. The minimum atomic E-state index is -0.0295. The average Bonchev–Trinajstić information content (AvgIpc) is 2.35. The van der Waals surface area contributed by atoms with Gasteiger partial charge in [0.25, 0.3) is 0 Å². The Hall–Kier alpha value is -0.860. The first-order valence-corrected chi connectivity index (χ1v) is 6.40. The van der Waals surface area contributed by atoms with Crippen LogP contribution in [0.25, 0.3) is 0 Å². The Balaban J connectivity index is 2.45. The SMILES string of the molecule is COC(C)(C)CCc1ccc(CCCN)cc1. The lowest BCUT2D eigenvalue weighted by atomic mass is 9.97. The molecule has 0 aliphatic heterocycles. The van der Waals surface area contributed by atoms with Gasteiger partial charge in [0.15, 0.2) is 0 Å². The summed E-state index contributed by atoms with van der Waals surface area (Å²) in [6.45, 7) is 5.02. The predicted molar refractivity (Wildman–Crippen MR) is 73.2 cm³/mol. The largest absolute Gasteiger partial charge is 0.379 e. The molecule has 0 saturated carbocycles. The molecule has 0 fully saturated rings. The molecule has 2 N–H and O–H groups in total. The van der Waals surface area contributed by atoms with Crippen LogP contribution in [0.15, 0.2) is 24.3 Å². The molecule has 0 aromatic heterocycles. The quantitative estimate of drug-likeness (QED) is 0.788. The molecular weight excluding hydrogens is 210 g/mol. The van der Waals surface area contributed by atoms with Crippen LogP contribution >= 0.6 is 0 Å². The Morgan fingerprint density at radius 3 is 2.06 bits per heavy atom. The highest BCUT2D eigenvalue weighted by Crippen LogP contribution is 2.17. The summed E-state index contributed by atoms with van der Waals surface area (Å²) in [6, 6.07) is 8.87. The van der Waals surface area contributed by atoms with E-state index in [0.29, 0.717) is 0 Å². The second kappa shape index (κ2) is 6.77. The fourth-order valence-corrected chi connectivity index (χ4v) is 1.73. The normalized spacial score (nSPS) is 11.8. The van der Waals surface area contributed by atoms with Crippen LogP contribution in [0.2, 0.25) is 0 Å². The van der Waals surface area contributed by atoms with Gasteiger partial charge in [-0.05, 0) is 57.2 Å². The van der Waals surface area contributed by atoms with Gasteiger partial charge in [0.05, 0.1) is 5.60 Å². The predicted octanol–water partition coefficient (Wildman–Crippen LogP) is 2.94. The Bertz CT molecular complexity index is 316. The third-order valence-electron chi connectivity index (χ3n) is 3.26. The van der Waals surface area contributed by atoms with E-state index >= 15 is 0 Å². The summed E-state index contributed by atoms with van der Waals surface area (Å²) in [5, 5.41) is 0. The Morgan fingerprint density at radius 2 is 1.59 bits per heavy atom.